The summed E-state index contributed by atoms with van der Waals surface area (Å²) in [5.41, 5.74) is -1.36. The molecule has 5 heteroatoms. The summed E-state index contributed by atoms with van der Waals surface area (Å²) in [6, 6.07) is 3.38. The monoisotopic (exact) mass is 236 g/mol. The molecule has 0 unspecified atom stereocenters. The third-order valence-corrected chi connectivity index (χ3v) is 2.85. The van der Waals surface area contributed by atoms with Crippen LogP contribution in [0.15, 0.2) is 18.2 Å². The van der Waals surface area contributed by atoms with Gasteiger partial charge in [-0.3, -0.25) is 0 Å². The van der Waals surface area contributed by atoms with Gasteiger partial charge < -0.3 is 5.11 Å². The number of alkyl halides is 3. The minimum absolute atomic E-state index is 0.361. The Labute approximate surface area is 89.5 Å². The number of hydrogen-bond acceptors (Lipinski definition) is 1. The molecule has 0 bridgehead atoms. The topological polar surface area (TPSA) is 20.2 Å². The molecule has 2 rings (SSSR count). The summed E-state index contributed by atoms with van der Waals surface area (Å²) in [5, 5.41) is 9.32. The van der Waals surface area contributed by atoms with E-state index in [0.29, 0.717) is 18.4 Å². The van der Waals surface area contributed by atoms with E-state index in [4.69, 9.17) is 11.6 Å². The zero-order valence-electron chi connectivity index (χ0n) is 7.61. The van der Waals surface area contributed by atoms with Crippen molar-refractivity contribution in [2.24, 2.45) is 0 Å². The SMILES string of the molecule is OC1(c2ccc(C(F)(F)F)c(Cl)c2)CC1. The molecule has 1 N–H and O–H groups in total. The fraction of sp³-hybridized carbons (Fsp3) is 0.400. The molecule has 0 heterocycles. The lowest BCUT2D eigenvalue weighted by Crippen LogP contribution is -2.09. The molecule has 1 nitrogen and oxygen atoms in total. The van der Waals surface area contributed by atoms with Crippen LogP contribution in [0.25, 0.3) is 0 Å². The molecule has 1 aliphatic rings. The van der Waals surface area contributed by atoms with Crippen LogP contribution in [0, 0.1) is 0 Å². The molecule has 82 valence electrons. The Morgan fingerprint density at radius 1 is 1.27 bits per heavy atom. The molecule has 0 aliphatic heterocycles. The van der Waals surface area contributed by atoms with Crippen LogP contribution in [0.1, 0.15) is 24.0 Å². The highest BCUT2D eigenvalue weighted by atomic mass is 35.5. The minimum Gasteiger partial charge on any atom is -0.385 e. The Kier molecular flexibility index (Phi) is 2.24. The summed E-state index contributed by atoms with van der Waals surface area (Å²) in [4.78, 5) is 0. The molecule has 0 aromatic heterocycles. The molecule has 15 heavy (non-hydrogen) atoms. The second-order valence-electron chi connectivity index (χ2n) is 3.72. The lowest BCUT2D eigenvalue weighted by atomic mass is 10.1. The predicted octanol–water partition coefficient (Wildman–Crippen LogP) is 3.34. The molecular formula is C10H8ClF3O. The van der Waals surface area contributed by atoms with E-state index in [1.807, 2.05) is 0 Å². The molecule has 0 spiro atoms. The number of halogens is 4. The normalized spacial score (nSPS) is 19.0. The Balaban J connectivity index is 2.39. The van der Waals surface area contributed by atoms with Crippen molar-refractivity contribution in [2.75, 3.05) is 0 Å². The quantitative estimate of drug-likeness (QED) is 0.793. The summed E-state index contributed by atoms with van der Waals surface area (Å²) in [6.07, 6.45) is -3.29. The van der Waals surface area contributed by atoms with Crippen molar-refractivity contribution in [3.05, 3.63) is 34.3 Å². The van der Waals surface area contributed by atoms with Gasteiger partial charge in [0.05, 0.1) is 16.2 Å². The third kappa shape index (κ3) is 1.96. The molecule has 0 atom stereocenters. The molecule has 1 aliphatic carbocycles. The van der Waals surface area contributed by atoms with Gasteiger partial charge in [0.1, 0.15) is 0 Å². The van der Waals surface area contributed by atoms with Crippen molar-refractivity contribution in [3.63, 3.8) is 0 Å². The first-order valence-electron chi connectivity index (χ1n) is 4.42. The van der Waals surface area contributed by atoms with Crippen LogP contribution in [0.4, 0.5) is 13.2 Å². The highest BCUT2D eigenvalue weighted by Gasteiger charge is 2.43. The lowest BCUT2D eigenvalue weighted by molar-refractivity contribution is -0.137. The second kappa shape index (κ2) is 3.12. The summed E-state index contributed by atoms with van der Waals surface area (Å²) in [7, 11) is 0. The van der Waals surface area contributed by atoms with Gasteiger partial charge in [0, 0.05) is 0 Å². The van der Waals surface area contributed by atoms with Gasteiger partial charge >= 0.3 is 6.18 Å². The average Bonchev–Trinajstić information content (AvgIpc) is 2.82. The van der Waals surface area contributed by atoms with Gasteiger partial charge in [0.25, 0.3) is 0 Å². The Morgan fingerprint density at radius 2 is 1.87 bits per heavy atom. The highest BCUT2D eigenvalue weighted by Crippen LogP contribution is 2.47. The second-order valence-corrected chi connectivity index (χ2v) is 4.13. The van der Waals surface area contributed by atoms with Crippen molar-refractivity contribution in [1.82, 2.24) is 0 Å². The molecule has 1 aromatic rings. The Bertz CT molecular complexity index is 396. The van der Waals surface area contributed by atoms with Gasteiger partial charge in [-0.2, -0.15) is 13.2 Å². The van der Waals surface area contributed by atoms with Gasteiger partial charge in [0.2, 0.25) is 0 Å². The van der Waals surface area contributed by atoms with E-state index in [1.165, 1.54) is 12.1 Å². The van der Waals surface area contributed by atoms with Crippen LogP contribution in [-0.4, -0.2) is 5.11 Å². The molecule has 1 saturated carbocycles. The van der Waals surface area contributed by atoms with E-state index in [9.17, 15) is 18.3 Å². The van der Waals surface area contributed by atoms with Gasteiger partial charge in [-0.05, 0) is 30.5 Å². The van der Waals surface area contributed by atoms with E-state index in [2.05, 4.69) is 0 Å². The minimum atomic E-state index is -4.44. The lowest BCUT2D eigenvalue weighted by Gasteiger charge is -2.12. The van der Waals surface area contributed by atoms with Crippen LogP contribution >= 0.6 is 11.6 Å². The summed E-state index contributed by atoms with van der Waals surface area (Å²) >= 11 is 5.52. The zero-order chi connectivity index (χ0) is 11.3. The Morgan fingerprint density at radius 3 is 2.27 bits per heavy atom. The molecule has 1 fully saturated rings. The van der Waals surface area contributed by atoms with Gasteiger partial charge in [-0.25, -0.2) is 0 Å². The number of aliphatic hydroxyl groups is 1. The molecular weight excluding hydrogens is 229 g/mol. The van der Waals surface area contributed by atoms with Crippen LogP contribution in [-0.2, 0) is 11.8 Å². The number of benzene rings is 1. The average molecular weight is 237 g/mol. The van der Waals surface area contributed by atoms with Crippen molar-refractivity contribution in [2.45, 2.75) is 24.6 Å². The maximum Gasteiger partial charge on any atom is 0.417 e. The Hall–Kier alpha value is -0.740. The van der Waals surface area contributed by atoms with E-state index >= 15 is 0 Å². The molecule has 0 amide bonds. The standard InChI is InChI=1S/C10H8ClF3O/c11-8-5-6(9(15)3-4-9)1-2-7(8)10(12,13)14/h1-2,5,15H,3-4H2. The van der Waals surface area contributed by atoms with Gasteiger partial charge in [-0.1, -0.05) is 17.7 Å². The van der Waals surface area contributed by atoms with Crippen molar-refractivity contribution >= 4 is 11.6 Å². The van der Waals surface area contributed by atoms with Crippen molar-refractivity contribution < 1.29 is 18.3 Å². The van der Waals surface area contributed by atoms with E-state index in [-0.39, 0.29) is 5.02 Å². The maximum absolute atomic E-state index is 12.3. The van der Waals surface area contributed by atoms with Crippen LogP contribution in [0.2, 0.25) is 5.02 Å². The van der Waals surface area contributed by atoms with E-state index in [0.717, 1.165) is 6.07 Å². The van der Waals surface area contributed by atoms with Gasteiger partial charge in [-0.15, -0.1) is 0 Å². The predicted molar refractivity (Wildman–Crippen MR) is 49.6 cm³/mol. The van der Waals surface area contributed by atoms with Crippen molar-refractivity contribution in [1.29, 1.82) is 0 Å². The zero-order valence-corrected chi connectivity index (χ0v) is 8.36. The van der Waals surface area contributed by atoms with Crippen LogP contribution in [0.3, 0.4) is 0 Å². The molecule has 0 saturated heterocycles. The van der Waals surface area contributed by atoms with Gasteiger partial charge in [0.15, 0.2) is 0 Å². The number of rotatable bonds is 1. The maximum atomic E-state index is 12.3. The van der Waals surface area contributed by atoms with E-state index in [1.54, 1.807) is 0 Å². The first-order valence-corrected chi connectivity index (χ1v) is 4.80. The fourth-order valence-electron chi connectivity index (χ4n) is 1.44. The van der Waals surface area contributed by atoms with E-state index < -0.39 is 17.3 Å². The number of hydrogen-bond donors (Lipinski definition) is 1. The molecule has 0 radical (unpaired) electrons. The van der Waals surface area contributed by atoms with Crippen molar-refractivity contribution in [3.8, 4) is 0 Å². The third-order valence-electron chi connectivity index (χ3n) is 2.54. The summed E-state index contributed by atoms with van der Waals surface area (Å²) in [6.45, 7) is 0. The first kappa shape index (κ1) is 10.8. The summed E-state index contributed by atoms with van der Waals surface area (Å²) < 4.78 is 37.0. The smallest absolute Gasteiger partial charge is 0.385 e. The summed E-state index contributed by atoms with van der Waals surface area (Å²) in [5.74, 6) is 0. The largest absolute Gasteiger partial charge is 0.417 e. The molecule has 1 aromatic carbocycles. The fourth-order valence-corrected chi connectivity index (χ4v) is 1.73. The highest BCUT2D eigenvalue weighted by molar-refractivity contribution is 6.31. The van der Waals surface area contributed by atoms with Crippen LogP contribution < -0.4 is 0 Å². The van der Waals surface area contributed by atoms with Crippen LogP contribution in [0.5, 0.6) is 0 Å². The first-order chi connectivity index (χ1) is 6.83.